The summed E-state index contributed by atoms with van der Waals surface area (Å²) in [6, 6.07) is 13.5. The van der Waals surface area contributed by atoms with Crippen LogP contribution in [0.25, 0.3) is 0 Å². The van der Waals surface area contributed by atoms with Gasteiger partial charge in [-0.15, -0.1) is 0 Å². The predicted octanol–water partition coefficient (Wildman–Crippen LogP) is 6.71. The molecule has 0 saturated carbocycles. The summed E-state index contributed by atoms with van der Waals surface area (Å²) in [6.07, 6.45) is 1.11. The summed E-state index contributed by atoms with van der Waals surface area (Å²) in [4.78, 5) is 2.43. The molecule has 0 atom stereocenters. The van der Waals surface area contributed by atoms with E-state index >= 15 is 0 Å². The van der Waals surface area contributed by atoms with Crippen LogP contribution in [0.15, 0.2) is 36.4 Å². The summed E-state index contributed by atoms with van der Waals surface area (Å²) in [5.41, 5.74) is 7.58. The molecule has 0 saturated heterocycles. The third kappa shape index (κ3) is 3.40. The van der Waals surface area contributed by atoms with Crippen molar-refractivity contribution in [2.45, 2.75) is 65.7 Å². The molecule has 0 aromatic heterocycles. The summed E-state index contributed by atoms with van der Waals surface area (Å²) in [7, 11) is 0. The van der Waals surface area contributed by atoms with Crippen molar-refractivity contribution in [2.24, 2.45) is 0 Å². The first-order valence-electron chi connectivity index (χ1n) is 9.39. The topological polar surface area (TPSA) is 17.3 Å². The van der Waals surface area contributed by atoms with Gasteiger partial charge in [0.2, 0.25) is 0 Å². The van der Waals surface area contributed by atoms with Gasteiger partial charge < -0.3 is 4.90 Å². The van der Waals surface area contributed by atoms with Gasteiger partial charge in [-0.25, -0.2) is 5.32 Å². The molecular weight excluding hydrogens is 304 g/mol. The zero-order valence-corrected chi connectivity index (χ0v) is 16.8. The van der Waals surface area contributed by atoms with Crippen molar-refractivity contribution in [3.05, 3.63) is 47.5 Å². The van der Waals surface area contributed by atoms with E-state index in [0.717, 1.165) is 24.3 Å². The van der Waals surface area contributed by atoms with Crippen molar-refractivity contribution in [2.75, 3.05) is 11.4 Å². The Kier molecular flexibility index (Phi) is 4.35. The number of benzene rings is 2. The predicted molar refractivity (Wildman–Crippen MR) is 109 cm³/mol. The Morgan fingerprint density at radius 1 is 0.760 bits per heavy atom. The molecule has 133 valence electrons. The van der Waals surface area contributed by atoms with Gasteiger partial charge in [-0.2, -0.15) is 0 Å². The van der Waals surface area contributed by atoms with Crippen molar-refractivity contribution in [1.82, 2.24) is 5.32 Å². The molecule has 1 aliphatic rings. The summed E-state index contributed by atoms with van der Waals surface area (Å²) in [5, 5.41) is 5.05. The largest absolute Gasteiger partial charge is 0.338 e. The van der Waals surface area contributed by atoms with Gasteiger partial charge in [-0.3, -0.25) is 0 Å². The highest BCUT2D eigenvalue weighted by Gasteiger charge is 2.27. The van der Waals surface area contributed by atoms with E-state index in [1.54, 1.807) is 0 Å². The number of anilines is 2. The van der Waals surface area contributed by atoms with E-state index in [4.69, 9.17) is 5.32 Å². The third-order valence-corrected chi connectivity index (χ3v) is 4.95. The Morgan fingerprint density at radius 2 is 1.20 bits per heavy atom. The monoisotopic (exact) mass is 335 g/mol. The molecule has 0 amide bonds. The molecule has 25 heavy (non-hydrogen) atoms. The number of hydrogen-bond donors (Lipinski definition) is 0. The molecule has 2 heteroatoms. The van der Waals surface area contributed by atoms with Gasteiger partial charge in [0.1, 0.15) is 0 Å². The number of fused-ring (bicyclic) bond motifs is 2. The lowest BCUT2D eigenvalue weighted by Crippen LogP contribution is -2.24. The Morgan fingerprint density at radius 3 is 1.56 bits per heavy atom. The second kappa shape index (κ2) is 6.09. The van der Waals surface area contributed by atoms with Crippen molar-refractivity contribution in [3.63, 3.8) is 0 Å². The van der Waals surface area contributed by atoms with Gasteiger partial charge in [-0.05, 0) is 52.6 Å². The minimum atomic E-state index is 0.133. The molecule has 2 nitrogen and oxygen atoms in total. The molecule has 0 unspecified atom stereocenters. The second-order valence-electron chi connectivity index (χ2n) is 9.17. The van der Waals surface area contributed by atoms with Crippen LogP contribution >= 0.6 is 0 Å². The van der Waals surface area contributed by atoms with E-state index in [9.17, 15) is 0 Å². The molecule has 2 aromatic carbocycles. The summed E-state index contributed by atoms with van der Waals surface area (Å²) < 4.78 is 0. The maximum atomic E-state index is 5.05. The van der Waals surface area contributed by atoms with Crippen LogP contribution < -0.4 is 10.2 Å². The Labute approximate surface area is 153 Å². The van der Waals surface area contributed by atoms with Gasteiger partial charge in [0.05, 0.1) is 22.7 Å². The maximum Gasteiger partial charge on any atom is 0.0877 e. The maximum absolute atomic E-state index is 5.05. The number of nitrogens with zero attached hydrogens (tertiary/aromatic N) is 2. The van der Waals surface area contributed by atoms with E-state index in [1.807, 2.05) is 0 Å². The second-order valence-corrected chi connectivity index (χ2v) is 9.17. The highest BCUT2D eigenvalue weighted by Crippen LogP contribution is 2.46. The normalized spacial score (nSPS) is 14.0. The van der Waals surface area contributed by atoms with Crippen molar-refractivity contribution in [1.29, 1.82) is 0 Å². The van der Waals surface area contributed by atoms with E-state index in [-0.39, 0.29) is 10.8 Å². The Balaban J connectivity index is 2.11. The van der Waals surface area contributed by atoms with Crippen molar-refractivity contribution >= 4 is 22.7 Å². The molecule has 1 radical (unpaired) electrons. The summed E-state index contributed by atoms with van der Waals surface area (Å²) >= 11 is 0. The quantitative estimate of drug-likeness (QED) is 0.596. The van der Waals surface area contributed by atoms with Crippen LogP contribution in [0, 0.1) is 0 Å². The zero-order chi connectivity index (χ0) is 18.4. The minimum Gasteiger partial charge on any atom is -0.338 e. The van der Waals surface area contributed by atoms with Crippen LogP contribution in [0.5, 0.6) is 0 Å². The molecule has 1 heterocycles. The van der Waals surface area contributed by atoms with E-state index < -0.39 is 0 Å². The lowest BCUT2D eigenvalue weighted by Gasteiger charge is -2.34. The standard InChI is InChI=1S/C23H31N2/c1-8-13-25-20-11-9-16(22(2,3)4)14-18(20)24-19-15-17(23(5,6)7)10-12-21(19)25/h9-12,14-15H,8,13H2,1-7H3. The average Bonchev–Trinajstić information content (AvgIpc) is 2.52. The molecular formula is C23H31N2. The van der Waals surface area contributed by atoms with Crippen LogP contribution in [0.1, 0.15) is 66.0 Å². The van der Waals surface area contributed by atoms with Crippen LogP contribution in [0.2, 0.25) is 0 Å². The molecule has 0 fully saturated rings. The van der Waals surface area contributed by atoms with Gasteiger partial charge in [0.25, 0.3) is 0 Å². The van der Waals surface area contributed by atoms with Crippen molar-refractivity contribution in [3.8, 4) is 0 Å². The summed E-state index contributed by atoms with van der Waals surface area (Å²) in [6.45, 7) is 16.8. The van der Waals surface area contributed by atoms with Crippen molar-refractivity contribution < 1.29 is 0 Å². The van der Waals surface area contributed by atoms with Gasteiger partial charge in [-0.1, -0.05) is 60.6 Å². The smallest absolute Gasteiger partial charge is 0.0877 e. The molecule has 3 rings (SSSR count). The molecule has 0 aliphatic carbocycles. The third-order valence-electron chi connectivity index (χ3n) is 4.95. The average molecular weight is 336 g/mol. The highest BCUT2D eigenvalue weighted by atomic mass is 15.2. The Hall–Kier alpha value is -1.96. The number of hydrogen-bond acceptors (Lipinski definition) is 1. The van der Waals surface area contributed by atoms with Crippen LogP contribution in [-0.2, 0) is 10.8 Å². The number of rotatable bonds is 2. The van der Waals surface area contributed by atoms with E-state index in [1.165, 1.54) is 22.5 Å². The zero-order valence-electron chi connectivity index (χ0n) is 16.8. The lowest BCUT2D eigenvalue weighted by molar-refractivity contribution is 0.589. The molecule has 0 spiro atoms. The van der Waals surface area contributed by atoms with E-state index in [0.29, 0.717) is 0 Å². The summed E-state index contributed by atoms with van der Waals surface area (Å²) in [5.74, 6) is 0. The highest BCUT2D eigenvalue weighted by molar-refractivity contribution is 5.87. The van der Waals surface area contributed by atoms with Gasteiger partial charge >= 0.3 is 0 Å². The fourth-order valence-electron chi connectivity index (χ4n) is 3.34. The first-order valence-corrected chi connectivity index (χ1v) is 9.39. The first-order chi connectivity index (χ1) is 11.6. The Bertz CT molecular complexity index is 712. The molecule has 1 aliphatic heterocycles. The van der Waals surface area contributed by atoms with Gasteiger partial charge in [0, 0.05) is 6.54 Å². The minimum absolute atomic E-state index is 0.133. The fourth-order valence-corrected chi connectivity index (χ4v) is 3.34. The van der Waals surface area contributed by atoms with Crippen LogP contribution in [-0.4, -0.2) is 6.54 Å². The molecule has 0 bridgehead atoms. The van der Waals surface area contributed by atoms with E-state index in [2.05, 4.69) is 89.8 Å². The first kappa shape index (κ1) is 17.8. The lowest BCUT2D eigenvalue weighted by atomic mass is 9.85. The fraction of sp³-hybridized carbons (Fsp3) is 0.478. The SMILES string of the molecule is CCCN1c2ccc(C(C)(C)C)cc2[N]c2cc(C(C)(C)C)ccc21. The molecule has 2 aromatic rings. The van der Waals surface area contributed by atoms with Gasteiger partial charge in [0.15, 0.2) is 0 Å². The van der Waals surface area contributed by atoms with Crippen LogP contribution in [0.3, 0.4) is 0 Å². The molecule has 0 N–H and O–H groups in total. The van der Waals surface area contributed by atoms with Crippen LogP contribution in [0.4, 0.5) is 22.7 Å².